The fourth-order valence-electron chi connectivity index (χ4n) is 4.45. The zero-order valence-corrected chi connectivity index (χ0v) is 18.9. The number of benzene rings is 2. The summed E-state index contributed by atoms with van der Waals surface area (Å²) >= 11 is 8.26. The first kappa shape index (κ1) is 19.8. The van der Waals surface area contributed by atoms with E-state index in [1.807, 2.05) is 42.1 Å². The second-order valence-electron chi connectivity index (χ2n) is 7.95. The fourth-order valence-corrected chi connectivity index (χ4v) is 5.75. The highest BCUT2D eigenvalue weighted by atomic mass is 35.5. The number of imidazole rings is 1. The summed E-state index contributed by atoms with van der Waals surface area (Å²) in [5.41, 5.74) is 3.03. The van der Waals surface area contributed by atoms with Gasteiger partial charge in [0.2, 0.25) is 0 Å². The van der Waals surface area contributed by atoms with Crippen molar-refractivity contribution in [2.24, 2.45) is 5.92 Å². The Morgan fingerprint density at radius 2 is 2.03 bits per heavy atom. The molecule has 2 aliphatic heterocycles. The van der Waals surface area contributed by atoms with Gasteiger partial charge in [-0.05, 0) is 49.1 Å². The van der Waals surface area contributed by atoms with E-state index in [9.17, 15) is 0 Å². The van der Waals surface area contributed by atoms with Crippen LogP contribution < -0.4 is 4.74 Å². The van der Waals surface area contributed by atoms with Crippen LogP contribution in [0.4, 0.5) is 0 Å². The van der Waals surface area contributed by atoms with E-state index < -0.39 is 0 Å². The van der Waals surface area contributed by atoms with E-state index in [2.05, 4.69) is 47.2 Å². The van der Waals surface area contributed by atoms with E-state index >= 15 is 0 Å². The normalized spacial score (nSPS) is 24.6. The number of H-pyrrole nitrogens is 1. The lowest BCUT2D eigenvalue weighted by atomic mass is 10.0. The predicted octanol–water partition coefficient (Wildman–Crippen LogP) is 5.92. The zero-order chi connectivity index (χ0) is 20.8. The highest BCUT2D eigenvalue weighted by molar-refractivity contribution is 8.09. The Balaban J connectivity index is 1.48. The molecule has 5 rings (SSSR count). The van der Waals surface area contributed by atoms with Gasteiger partial charge >= 0.3 is 0 Å². The van der Waals surface area contributed by atoms with Crippen LogP contribution in [0.1, 0.15) is 37.7 Å². The second-order valence-corrected chi connectivity index (χ2v) is 9.72. The Morgan fingerprint density at radius 3 is 2.83 bits per heavy atom. The standard InChI is InChI=1S/C23H25ClN4OS/c1-14-10-11-27(22(14)23-25-19-9-5-8-18(24)21(19)26-23)28-13-20(30-15(28)2)16-6-4-7-17(12-16)29-3/h4-9,12-15,22H,10-11H2,1-3H3,(H,25,26)/t14-,15?,22-/m0/s1. The SMILES string of the molecule is COc1cccc(C2=CN(N3CC[C@H](C)[C@H]3c3nc4c(Cl)cccc4[nH]3)C(C)S2)c1. The van der Waals surface area contributed by atoms with Gasteiger partial charge in [0.1, 0.15) is 17.1 Å². The van der Waals surface area contributed by atoms with Crippen molar-refractivity contribution >= 4 is 39.3 Å². The van der Waals surface area contributed by atoms with Gasteiger partial charge in [0.05, 0.1) is 29.1 Å². The van der Waals surface area contributed by atoms with Crippen molar-refractivity contribution in [2.45, 2.75) is 31.7 Å². The number of methoxy groups -OCH3 is 1. The number of aromatic amines is 1. The molecule has 30 heavy (non-hydrogen) atoms. The Kier molecular flexibility index (Phi) is 5.17. The molecule has 0 amide bonds. The molecular formula is C23H25ClN4OS. The number of ether oxygens (including phenoxy) is 1. The van der Waals surface area contributed by atoms with E-state index in [0.717, 1.165) is 35.6 Å². The average molecular weight is 441 g/mol. The molecule has 0 bridgehead atoms. The number of thioether (sulfide) groups is 1. The summed E-state index contributed by atoms with van der Waals surface area (Å²) in [6, 6.07) is 14.4. The molecule has 1 N–H and O–H groups in total. The molecule has 0 radical (unpaired) electrons. The van der Waals surface area contributed by atoms with Gasteiger partial charge in [0.25, 0.3) is 0 Å². The number of hydrazine groups is 1. The highest BCUT2D eigenvalue weighted by Gasteiger charge is 2.40. The van der Waals surface area contributed by atoms with Crippen molar-refractivity contribution in [2.75, 3.05) is 13.7 Å². The Hall–Kier alpha value is -2.15. The molecule has 3 atom stereocenters. The summed E-state index contributed by atoms with van der Waals surface area (Å²) in [7, 11) is 1.71. The van der Waals surface area contributed by atoms with Crippen LogP contribution in [-0.2, 0) is 0 Å². The third-order valence-corrected chi connectivity index (χ3v) is 7.46. The monoisotopic (exact) mass is 440 g/mol. The van der Waals surface area contributed by atoms with Crippen molar-refractivity contribution in [1.82, 2.24) is 20.0 Å². The van der Waals surface area contributed by atoms with Crippen molar-refractivity contribution in [3.8, 4) is 5.75 Å². The molecule has 156 valence electrons. The lowest BCUT2D eigenvalue weighted by Gasteiger charge is -2.36. The van der Waals surface area contributed by atoms with Gasteiger partial charge in [-0.3, -0.25) is 5.01 Å². The van der Waals surface area contributed by atoms with Crippen LogP contribution in [0.15, 0.2) is 48.7 Å². The number of nitrogens with one attached hydrogen (secondary N) is 1. The first-order valence-electron chi connectivity index (χ1n) is 10.3. The van der Waals surface area contributed by atoms with Crippen molar-refractivity contribution in [3.63, 3.8) is 0 Å². The molecule has 1 fully saturated rings. The summed E-state index contributed by atoms with van der Waals surface area (Å²) in [5.74, 6) is 2.37. The lowest BCUT2D eigenvalue weighted by Crippen LogP contribution is -2.41. The molecule has 7 heteroatoms. The molecule has 2 aromatic carbocycles. The maximum absolute atomic E-state index is 6.38. The fraction of sp³-hybridized carbons (Fsp3) is 0.348. The summed E-state index contributed by atoms with van der Waals surface area (Å²) in [6.07, 6.45) is 3.40. The molecule has 1 aromatic heterocycles. The summed E-state index contributed by atoms with van der Waals surface area (Å²) in [6.45, 7) is 5.56. The molecule has 0 aliphatic carbocycles. The van der Waals surface area contributed by atoms with Gasteiger partial charge in [-0.25, -0.2) is 9.99 Å². The molecule has 1 unspecified atom stereocenters. The minimum atomic E-state index is 0.192. The van der Waals surface area contributed by atoms with Crippen LogP contribution in [0.2, 0.25) is 5.02 Å². The van der Waals surface area contributed by atoms with E-state index in [4.69, 9.17) is 21.3 Å². The molecule has 0 spiro atoms. The smallest absolute Gasteiger partial charge is 0.126 e. The number of hydrogen-bond donors (Lipinski definition) is 1. The molecule has 3 heterocycles. The van der Waals surface area contributed by atoms with Crippen LogP contribution in [0, 0.1) is 5.92 Å². The zero-order valence-electron chi connectivity index (χ0n) is 17.3. The molecule has 2 aliphatic rings. The van der Waals surface area contributed by atoms with Crippen LogP contribution in [0.25, 0.3) is 15.9 Å². The first-order valence-corrected chi connectivity index (χ1v) is 11.5. The Bertz CT molecular complexity index is 1110. The maximum atomic E-state index is 6.38. The van der Waals surface area contributed by atoms with E-state index in [0.29, 0.717) is 16.3 Å². The number of rotatable bonds is 4. The molecular weight excluding hydrogens is 416 g/mol. The first-order chi connectivity index (χ1) is 14.5. The largest absolute Gasteiger partial charge is 0.497 e. The van der Waals surface area contributed by atoms with E-state index in [1.165, 1.54) is 10.5 Å². The van der Waals surface area contributed by atoms with Gasteiger partial charge < -0.3 is 9.72 Å². The quantitative estimate of drug-likeness (QED) is 0.545. The summed E-state index contributed by atoms with van der Waals surface area (Å²) in [5, 5.41) is 5.84. The van der Waals surface area contributed by atoms with Crippen LogP contribution in [0.5, 0.6) is 5.75 Å². The van der Waals surface area contributed by atoms with Gasteiger partial charge in [0.15, 0.2) is 0 Å². The van der Waals surface area contributed by atoms with Gasteiger partial charge in [-0.15, -0.1) is 0 Å². The summed E-state index contributed by atoms with van der Waals surface area (Å²) in [4.78, 5) is 9.68. The number of para-hydroxylation sites is 1. The minimum Gasteiger partial charge on any atom is -0.497 e. The topological polar surface area (TPSA) is 44.4 Å². The lowest BCUT2D eigenvalue weighted by molar-refractivity contribution is -0.00509. The van der Waals surface area contributed by atoms with Crippen molar-refractivity contribution in [1.29, 1.82) is 0 Å². The number of halogens is 1. The van der Waals surface area contributed by atoms with Crippen molar-refractivity contribution in [3.05, 3.63) is 65.1 Å². The number of aromatic nitrogens is 2. The third-order valence-electron chi connectivity index (χ3n) is 6.01. The predicted molar refractivity (Wildman–Crippen MR) is 124 cm³/mol. The number of nitrogens with zero attached hydrogens (tertiary/aromatic N) is 3. The van der Waals surface area contributed by atoms with Crippen LogP contribution >= 0.6 is 23.4 Å². The van der Waals surface area contributed by atoms with E-state index in [-0.39, 0.29) is 6.04 Å². The Labute approximate surface area is 186 Å². The molecule has 1 saturated heterocycles. The van der Waals surface area contributed by atoms with Gasteiger partial charge in [-0.2, -0.15) is 0 Å². The molecule has 5 nitrogen and oxygen atoms in total. The van der Waals surface area contributed by atoms with Crippen molar-refractivity contribution < 1.29 is 4.74 Å². The Morgan fingerprint density at radius 1 is 1.20 bits per heavy atom. The molecule has 0 saturated carbocycles. The third kappa shape index (κ3) is 3.37. The minimum absolute atomic E-state index is 0.192. The van der Waals surface area contributed by atoms with Crippen LogP contribution in [-0.4, -0.2) is 39.0 Å². The number of hydrogen-bond acceptors (Lipinski definition) is 5. The average Bonchev–Trinajstić information content (AvgIpc) is 3.44. The number of fused-ring (bicyclic) bond motifs is 1. The summed E-state index contributed by atoms with van der Waals surface area (Å²) < 4.78 is 5.41. The van der Waals surface area contributed by atoms with Crippen LogP contribution in [0.3, 0.4) is 0 Å². The maximum Gasteiger partial charge on any atom is 0.126 e. The second kappa shape index (κ2) is 7.84. The van der Waals surface area contributed by atoms with Gasteiger partial charge in [-0.1, -0.05) is 48.5 Å². The highest BCUT2D eigenvalue weighted by Crippen LogP contribution is 2.46. The van der Waals surface area contributed by atoms with Gasteiger partial charge in [0, 0.05) is 17.6 Å². The van der Waals surface area contributed by atoms with E-state index in [1.54, 1.807) is 7.11 Å². The molecule has 3 aromatic rings.